The lowest BCUT2D eigenvalue weighted by Crippen LogP contribution is -2.31. The number of allylic oxidation sites excluding steroid dienone is 2. The summed E-state index contributed by atoms with van der Waals surface area (Å²) in [4.78, 5) is 11.5. The van der Waals surface area contributed by atoms with Crippen LogP contribution in [0.25, 0.3) is 0 Å². The van der Waals surface area contributed by atoms with Crippen LogP contribution < -0.4 is 0 Å². The number of hydrogen-bond acceptors (Lipinski definition) is 8. The van der Waals surface area contributed by atoms with E-state index >= 15 is 0 Å². The summed E-state index contributed by atoms with van der Waals surface area (Å²) >= 11 is 0. The lowest BCUT2D eigenvalue weighted by molar-refractivity contribution is -0.203. The van der Waals surface area contributed by atoms with Crippen LogP contribution in [0.2, 0.25) is 0 Å². The largest absolute Gasteiger partial charge is 0.460 e. The summed E-state index contributed by atoms with van der Waals surface area (Å²) in [5, 5.41) is 0. The van der Waals surface area contributed by atoms with Crippen molar-refractivity contribution in [1.82, 2.24) is 0 Å². The molecule has 0 aromatic rings. The number of carbonyl (C=O) groups is 1. The van der Waals surface area contributed by atoms with Gasteiger partial charge in [0.15, 0.2) is 18.9 Å². The maximum atomic E-state index is 11.5. The van der Waals surface area contributed by atoms with E-state index in [1.54, 1.807) is 0 Å². The van der Waals surface area contributed by atoms with Gasteiger partial charge in [0.05, 0.1) is 18.3 Å². The first-order valence-corrected chi connectivity index (χ1v) is 19.2. The van der Waals surface area contributed by atoms with E-state index in [0.29, 0.717) is 0 Å². The second-order valence-corrected chi connectivity index (χ2v) is 14.7. The van der Waals surface area contributed by atoms with E-state index < -0.39 is 5.60 Å². The molecular formula is C39H66O8. The third-order valence-corrected chi connectivity index (χ3v) is 10.0. The van der Waals surface area contributed by atoms with Crippen molar-refractivity contribution in [2.24, 2.45) is 11.8 Å². The molecule has 3 unspecified atom stereocenters. The minimum absolute atomic E-state index is 0.00749. The van der Waals surface area contributed by atoms with Crippen molar-refractivity contribution < 1.29 is 38.0 Å². The van der Waals surface area contributed by atoms with E-state index in [1.807, 2.05) is 13.8 Å². The number of ether oxygens (including phenoxy) is 7. The van der Waals surface area contributed by atoms with Crippen LogP contribution in [-0.4, -0.2) is 68.6 Å². The Hall–Kier alpha value is -1.29. The Morgan fingerprint density at radius 2 is 1.47 bits per heavy atom. The minimum atomic E-state index is -0.440. The van der Waals surface area contributed by atoms with Gasteiger partial charge >= 0.3 is 5.97 Å². The molecule has 3 aliphatic heterocycles. The molecule has 0 radical (unpaired) electrons. The van der Waals surface area contributed by atoms with Crippen LogP contribution in [0.15, 0.2) is 24.3 Å². The fourth-order valence-corrected chi connectivity index (χ4v) is 7.52. The van der Waals surface area contributed by atoms with E-state index in [2.05, 4.69) is 31.2 Å². The number of esters is 1. The number of carbonyl (C=O) groups excluding carboxylic acids is 1. The first kappa shape index (κ1) is 38.5. The molecule has 1 saturated carbocycles. The highest BCUT2D eigenvalue weighted by Gasteiger charge is 2.45. The van der Waals surface area contributed by atoms with E-state index in [9.17, 15) is 4.79 Å². The maximum absolute atomic E-state index is 11.5. The summed E-state index contributed by atoms with van der Waals surface area (Å²) in [6.45, 7) is 10.0. The molecule has 3 saturated heterocycles. The van der Waals surface area contributed by atoms with Crippen molar-refractivity contribution in [2.75, 3.05) is 19.8 Å². The predicted octanol–water partition coefficient (Wildman–Crippen LogP) is 8.95. The van der Waals surface area contributed by atoms with Crippen LogP contribution in [0, 0.1) is 11.8 Å². The molecule has 0 spiro atoms. The molecule has 0 bridgehead atoms. The van der Waals surface area contributed by atoms with Gasteiger partial charge in [-0.1, -0.05) is 50.5 Å². The topological polar surface area (TPSA) is 81.7 Å². The van der Waals surface area contributed by atoms with E-state index in [1.165, 1.54) is 19.8 Å². The standard InChI is InChI=1S/C39H66O8/c1-5-6-9-18-31(44-36-20-11-15-26-41-36)23-24-33-32(19-10-7-8-14-25-39(3,4)47-30(2)40)34(45-37-21-12-16-27-42-37)29-35(33)46-38-22-13-17-28-43-38/h7,10,23-24,31-38H,5-6,8-9,11-22,25-29H2,1-4H3/t31-,32+,33+,34-,35+,36?,37?,38?/m0/s1. The van der Waals surface area contributed by atoms with Gasteiger partial charge in [0.25, 0.3) is 0 Å². The van der Waals surface area contributed by atoms with E-state index in [-0.39, 0.29) is 55.0 Å². The first-order valence-electron chi connectivity index (χ1n) is 19.2. The molecule has 8 nitrogen and oxygen atoms in total. The highest BCUT2D eigenvalue weighted by atomic mass is 16.7. The number of rotatable bonds is 19. The van der Waals surface area contributed by atoms with Crippen LogP contribution in [0.3, 0.4) is 0 Å². The lowest BCUT2D eigenvalue weighted by atomic mass is 9.89. The van der Waals surface area contributed by atoms with Crippen LogP contribution in [0.1, 0.15) is 143 Å². The molecule has 3 heterocycles. The molecule has 0 aromatic heterocycles. The molecule has 4 aliphatic rings. The van der Waals surface area contributed by atoms with Gasteiger partial charge in [-0.05, 0) is 110 Å². The summed E-state index contributed by atoms with van der Waals surface area (Å²) < 4.78 is 43.8. The quantitative estimate of drug-likeness (QED) is 0.0771. The molecule has 0 aromatic carbocycles. The van der Waals surface area contributed by atoms with Gasteiger partial charge in [0.1, 0.15) is 5.60 Å². The average Bonchev–Trinajstić information content (AvgIpc) is 3.37. The SMILES string of the molecule is CCCCC[C@@H](C=C[C@@H]1[C@@H](CC=CCCCC(C)(C)OC(C)=O)[C@@H](OC2CCCCO2)C[C@H]1OC1CCCCO1)OC1CCCCO1. The van der Waals surface area contributed by atoms with Gasteiger partial charge in [-0.25, -0.2) is 0 Å². The molecule has 47 heavy (non-hydrogen) atoms. The van der Waals surface area contributed by atoms with Gasteiger partial charge < -0.3 is 33.2 Å². The summed E-state index contributed by atoms with van der Waals surface area (Å²) in [6.07, 6.45) is 27.6. The molecule has 4 rings (SSSR count). The summed E-state index contributed by atoms with van der Waals surface area (Å²) in [5.41, 5.74) is -0.440. The van der Waals surface area contributed by atoms with Crippen LogP contribution in [0.5, 0.6) is 0 Å². The fraction of sp³-hybridized carbons (Fsp3) is 0.872. The van der Waals surface area contributed by atoms with Crippen molar-refractivity contribution in [3.63, 3.8) is 0 Å². The number of unbranched alkanes of at least 4 members (excludes halogenated alkanes) is 3. The maximum Gasteiger partial charge on any atom is 0.303 e. The first-order chi connectivity index (χ1) is 22.8. The highest BCUT2D eigenvalue weighted by Crippen LogP contribution is 2.42. The fourth-order valence-electron chi connectivity index (χ4n) is 7.52. The second kappa shape index (κ2) is 21.0. The predicted molar refractivity (Wildman–Crippen MR) is 184 cm³/mol. The lowest BCUT2D eigenvalue weighted by Gasteiger charge is -2.30. The van der Waals surface area contributed by atoms with Gasteiger partial charge in [0, 0.05) is 39.1 Å². The van der Waals surface area contributed by atoms with E-state index in [0.717, 1.165) is 123 Å². The van der Waals surface area contributed by atoms with Crippen molar-refractivity contribution in [1.29, 1.82) is 0 Å². The van der Waals surface area contributed by atoms with Gasteiger partial charge in [-0.15, -0.1) is 0 Å². The Morgan fingerprint density at radius 3 is 2.06 bits per heavy atom. The number of hydrogen-bond donors (Lipinski definition) is 0. The van der Waals surface area contributed by atoms with Gasteiger partial charge in [-0.3, -0.25) is 4.79 Å². The zero-order valence-corrected chi connectivity index (χ0v) is 30.0. The molecule has 8 atom stereocenters. The smallest absolute Gasteiger partial charge is 0.303 e. The Labute approximate surface area is 285 Å². The minimum Gasteiger partial charge on any atom is -0.460 e. The van der Waals surface area contributed by atoms with Gasteiger partial charge in [0.2, 0.25) is 0 Å². The van der Waals surface area contributed by atoms with Crippen molar-refractivity contribution in [3.05, 3.63) is 24.3 Å². The summed E-state index contributed by atoms with van der Waals surface area (Å²) in [6, 6.07) is 0. The van der Waals surface area contributed by atoms with Gasteiger partial charge in [-0.2, -0.15) is 0 Å². The highest BCUT2D eigenvalue weighted by molar-refractivity contribution is 5.66. The average molecular weight is 663 g/mol. The molecule has 270 valence electrons. The van der Waals surface area contributed by atoms with Crippen molar-refractivity contribution in [3.8, 4) is 0 Å². The summed E-state index contributed by atoms with van der Waals surface area (Å²) in [5.74, 6) is 0.200. The van der Waals surface area contributed by atoms with Crippen LogP contribution in [0.4, 0.5) is 0 Å². The molecule has 0 amide bonds. The molecule has 0 N–H and O–H groups in total. The van der Waals surface area contributed by atoms with Crippen molar-refractivity contribution in [2.45, 2.75) is 186 Å². The van der Waals surface area contributed by atoms with Crippen molar-refractivity contribution >= 4 is 5.97 Å². The molecule has 8 heteroatoms. The monoisotopic (exact) mass is 662 g/mol. The Bertz CT molecular complexity index is 916. The zero-order valence-electron chi connectivity index (χ0n) is 30.0. The van der Waals surface area contributed by atoms with Crippen LogP contribution >= 0.6 is 0 Å². The van der Waals surface area contributed by atoms with E-state index in [4.69, 9.17) is 33.2 Å². The second-order valence-electron chi connectivity index (χ2n) is 14.7. The Morgan fingerprint density at radius 1 is 0.830 bits per heavy atom. The normalized spacial score (nSPS) is 31.4. The molecule has 1 aliphatic carbocycles. The third-order valence-electron chi connectivity index (χ3n) is 10.0. The zero-order chi connectivity index (χ0) is 33.3. The third kappa shape index (κ3) is 14.2. The van der Waals surface area contributed by atoms with Crippen LogP contribution in [-0.2, 0) is 38.0 Å². The molecular weight excluding hydrogens is 596 g/mol. The Kier molecular flexibility index (Phi) is 17.2. The Balaban J connectivity index is 1.49. The molecule has 4 fully saturated rings. The summed E-state index contributed by atoms with van der Waals surface area (Å²) in [7, 11) is 0.